The van der Waals surface area contributed by atoms with Gasteiger partial charge in [0.1, 0.15) is 0 Å². The van der Waals surface area contributed by atoms with Crippen molar-refractivity contribution in [2.24, 2.45) is 5.92 Å². The topological polar surface area (TPSA) is 0 Å². The van der Waals surface area contributed by atoms with Crippen molar-refractivity contribution in [3.63, 3.8) is 0 Å². The minimum Gasteiger partial charge on any atom is -0.210 e. The molecule has 0 aliphatic carbocycles. The molecule has 0 heterocycles. The highest BCUT2D eigenvalue weighted by Crippen LogP contribution is 2.16. The summed E-state index contributed by atoms with van der Waals surface area (Å²) in [6.45, 7) is 0.815. The molecule has 0 aromatic heterocycles. The van der Waals surface area contributed by atoms with Crippen molar-refractivity contribution in [1.29, 1.82) is 0 Å². The van der Waals surface area contributed by atoms with Crippen LogP contribution in [0, 0.1) is 5.92 Å². The molecule has 0 unspecified atom stereocenters. The molecule has 4 heteroatoms. The number of rotatable bonds is 2. The quantitative estimate of drug-likeness (QED) is 0.502. The van der Waals surface area contributed by atoms with Crippen LogP contribution in [-0.2, 0) is 0 Å². The maximum absolute atomic E-state index is 11.2. The molecule has 0 amide bonds. The van der Waals surface area contributed by atoms with E-state index in [9.17, 15) is 17.6 Å². The Hall–Kier alpha value is -0.280. The molecule has 0 saturated carbocycles. The second-order valence-corrected chi connectivity index (χ2v) is 1.53. The van der Waals surface area contributed by atoms with Gasteiger partial charge in [0.15, 0.2) is 0 Å². The first-order valence-corrected chi connectivity index (χ1v) is 2.12. The monoisotopic (exact) mass is 130 g/mol. The lowest BCUT2D eigenvalue weighted by atomic mass is 10.2. The standard InChI is InChI=1S/C4H6F4/c1-2(3(5)6)4(7)8/h2-4H,1H3. The Morgan fingerprint density at radius 3 is 1.12 bits per heavy atom. The summed E-state index contributed by atoms with van der Waals surface area (Å²) in [4.78, 5) is 0. The van der Waals surface area contributed by atoms with Crippen molar-refractivity contribution >= 4 is 0 Å². The third kappa shape index (κ3) is 2.14. The van der Waals surface area contributed by atoms with E-state index in [4.69, 9.17) is 0 Å². The van der Waals surface area contributed by atoms with Crippen LogP contribution in [0.25, 0.3) is 0 Å². The minimum atomic E-state index is -2.91. The van der Waals surface area contributed by atoms with Gasteiger partial charge in [0.25, 0.3) is 0 Å². The molecule has 50 valence electrons. The Morgan fingerprint density at radius 2 is 1.12 bits per heavy atom. The summed E-state index contributed by atoms with van der Waals surface area (Å²) in [7, 11) is 0. The maximum Gasteiger partial charge on any atom is 0.246 e. The molecule has 0 radical (unpaired) electrons. The number of alkyl halides is 4. The van der Waals surface area contributed by atoms with Crippen LogP contribution in [0.3, 0.4) is 0 Å². The summed E-state index contributed by atoms with van der Waals surface area (Å²) in [5, 5.41) is 0. The summed E-state index contributed by atoms with van der Waals surface area (Å²) in [5.41, 5.74) is 0. The van der Waals surface area contributed by atoms with E-state index in [-0.39, 0.29) is 0 Å². The molecule has 0 saturated heterocycles. The maximum atomic E-state index is 11.2. The molecule has 8 heavy (non-hydrogen) atoms. The molecule has 0 aliphatic heterocycles. The Labute approximate surface area is 44.5 Å². The van der Waals surface area contributed by atoms with E-state index >= 15 is 0 Å². The first-order chi connectivity index (χ1) is 3.55. The fraction of sp³-hybridized carbons (Fsp3) is 1.00. The van der Waals surface area contributed by atoms with Crippen LogP contribution in [0.1, 0.15) is 6.92 Å². The largest absolute Gasteiger partial charge is 0.246 e. The summed E-state index contributed by atoms with van der Waals surface area (Å²) in [6.07, 6.45) is -5.81. The fourth-order valence-corrected chi connectivity index (χ4v) is 0.110. The predicted molar refractivity (Wildman–Crippen MR) is 21.2 cm³/mol. The van der Waals surface area contributed by atoms with Crippen LogP contribution in [-0.4, -0.2) is 12.9 Å². The van der Waals surface area contributed by atoms with E-state index in [1.165, 1.54) is 0 Å². The van der Waals surface area contributed by atoms with Gasteiger partial charge in [0, 0.05) is 0 Å². The van der Waals surface area contributed by atoms with Crippen LogP contribution in [0.4, 0.5) is 17.6 Å². The molecular weight excluding hydrogens is 124 g/mol. The Kier molecular flexibility index (Phi) is 2.79. The van der Waals surface area contributed by atoms with Gasteiger partial charge in [-0.1, -0.05) is 6.92 Å². The van der Waals surface area contributed by atoms with Crippen LogP contribution in [0.5, 0.6) is 0 Å². The lowest BCUT2D eigenvalue weighted by Crippen LogP contribution is -2.15. The predicted octanol–water partition coefficient (Wildman–Crippen LogP) is 2.15. The zero-order chi connectivity index (χ0) is 6.73. The molecule has 0 aliphatic rings. The normalized spacial score (nSPS) is 12.0. The number of halogens is 4. The highest BCUT2D eigenvalue weighted by atomic mass is 19.3. The van der Waals surface area contributed by atoms with Crippen LogP contribution in [0.15, 0.2) is 0 Å². The Bertz CT molecular complexity index is 53.1. The van der Waals surface area contributed by atoms with Gasteiger partial charge in [-0.05, 0) is 0 Å². The average Bonchev–Trinajstić information content (AvgIpc) is 1.64. The lowest BCUT2D eigenvalue weighted by molar-refractivity contribution is -0.0166. The van der Waals surface area contributed by atoms with Crippen molar-refractivity contribution in [2.45, 2.75) is 19.8 Å². The highest BCUT2D eigenvalue weighted by molar-refractivity contribution is 4.55. The molecule has 0 fully saturated rings. The molecular formula is C4H6F4. The van der Waals surface area contributed by atoms with Crippen LogP contribution >= 0.6 is 0 Å². The second-order valence-electron chi connectivity index (χ2n) is 1.53. The minimum absolute atomic E-state index is 0.815. The van der Waals surface area contributed by atoms with Gasteiger partial charge < -0.3 is 0 Å². The smallest absolute Gasteiger partial charge is 0.210 e. The van der Waals surface area contributed by atoms with Gasteiger partial charge in [0.05, 0.1) is 5.92 Å². The summed E-state index contributed by atoms with van der Waals surface area (Å²) in [6, 6.07) is 0. The molecule has 0 spiro atoms. The van der Waals surface area contributed by atoms with E-state index in [0.29, 0.717) is 0 Å². The fourth-order valence-electron chi connectivity index (χ4n) is 0.110. The summed E-state index contributed by atoms with van der Waals surface area (Å²) < 4.78 is 44.8. The van der Waals surface area contributed by atoms with E-state index in [1.807, 2.05) is 0 Å². The van der Waals surface area contributed by atoms with E-state index < -0.39 is 18.8 Å². The number of hydrogen-bond acceptors (Lipinski definition) is 0. The van der Waals surface area contributed by atoms with Gasteiger partial charge in [-0.15, -0.1) is 0 Å². The van der Waals surface area contributed by atoms with Gasteiger partial charge in [-0.3, -0.25) is 0 Å². The van der Waals surface area contributed by atoms with Gasteiger partial charge in [0.2, 0.25) is 12.9 Å². The molecule has 0 bridgehead atoms. The highest BCUT2D eigenvalue weighted by Gasteiger charge is 2.23. The van der Waals surface area contributed by atoms with Gasteiger partial charge in [-0.2, -0.15) is 0 Å². The zero-order valence-electron chi connectivity index (χ0n) is 4.24. The summed E-state index contributed by atoms with van der Waals surface area (Å²) in [5.74, 6) is -1.80. The molecule has 0 aromatic carbocycles. The third-order valence-corrected chi connectivity index (χ3v) is 0.795. The van der Waals surface area contributed by atoms with Crippen molar-refractivity contribution in [2.75, 3.05) is 0 Å². The third-order valence-electron chi connectivity index (χ3n) is 0.795. The second kappa shape index (κ2) is 2.89. The van der Waals surface area contributed by atoms with E-state index in [2.05, 4.69) is 0 Å². The Balaban J connectivity index is 3.46. The molecule has 0 rings (SSSR count). The molecule has 0 N–H and O–H groups in total. The van der Waals surface area contributed by atoms with Crippen molar-refractivity contribution in [3.8, 4) is 0 Å². The first kappa shape index (κ1) is 7.72. The number of hydrogen-bond donors (Lipinski definition) is 0. The molecule has 0 atom stereocenters. The van der Waals surface area contributed by atoms with Gasteiger partial charge in [-0.25, -0.2) is 17.6 Å². The zero-order valence-corrected chi connectivity index (χ0v) is 4.24. The van der Waals surface area contributed by atoms with Gasteiger partial charge >= 0.3 is 0 Å². The van der Waals surface area contributed by atoms with Crippen molar-refractivity contribution in [1.82, 2.24) is 0 Å². The lowest BCUT2D eigenvalue weighted by Gasteiger charge is -2.06. The molecule has 0 nitrogen and oxygen atoms in total. The van der Waals surface area contributed by atoms with Crippen molar-refractivity contribution < 1.29 is 17.6 Å². The SMILES string of the molecule is CC(C(F)F)C(F)F. The van der Waals surface area contributed by atoms with Crippen molar-refractivity contribution in [3.05, 3.63) is 0 Å². The van der Waals surface area contributed by atoms with E-state index in [1.54, 1.807) is 0 Å². The van der Waals surface area contributed by atoms with Crippen LogP contribution < -0.4 is 0 Å². The summed E-state index contributed by atoms with van der Waals surface area (Å²) >= 11 is 0. The van der Waals surface area contributed by atoms with E-state index in [0.717, 1.165) is 6.92 Å². The Morgan fingerprint density at radius 1 is 0.875 bits per heavy atom. The van der Waals surface area contributed by atoms with Crippen LogP contribution in [0.2, 0.25) is 0 Å². The first-order valence-electron chi connectivity index (χ1n) is 2.12. The average molecular weight is 130 g/mol. The molecule has 0 aromatic rings.